The Kier molecular flexibility index (Phi) is 7.67. The number of esters is 1. The van der Waals surface area contributed by atoms with E-state index in [1.807, 2.05) is 31.2 Å². The Labute approximate surface area is 187 Å². The van der Waals surface area contributed by atoms with Crippen LogP contribution in [0.2, 0.25) is 0 Å². The number of cyclic esters (lactones) is 1. The van der Waals surface area contributed by atoms with Crippen LogP contribution in [0.5, 0.6) is 0 Å². The number of rotatable bonds is 7. The summed E-state index contributed by atoms with van der Waals surface area (Å²) in [5.41, 5.74) is 1.81. The maximum Gasteiger partial charge on any atom is 0.414 e. The minimum atomic E-state index is -0.457. The monoisotopic (exact) mass is 448 g/mol. The molecule has 2 aliphatic rings. The molecular weight excluding hydrogens is 420 g/mol. The molecule has 0 bridgehead atoms. The fourth-order valence-corrected chi connectivity index (χ4v) is 3.59. The zero-order valence-corrected chi connectivity index (χ0v) is 18.7. The molecule has 3 rings (SSSR count). The highest BCUT2D eigenvalue weighted by atomic mass is 32.1. The van der Waals surface area contributed by atoms with Gasteiger partial charge in [0.15, 0.2) is 6.61 Å². The van der Waals surface area contributed by atoms with Crippen LogP contribution in [0.15, 0.2) is 24.3 Å². The molecule has 0 radical (unpaired) electrons. The van der Waals surface area contributed by atoms with E-state index in [-0.39, 0.29) is 24.7 Å². The largest absolute Gasteiger partial charge is 0.456 e. The van der Waals surface area contributed by atoms with Crippen molar-refractivity contribution in [2.45, 2.75) is 26.4 Å². The summed E-state index contributed by atoms with van der Waals surface area (Å²) in [5, 5.41) is 3.11. The number of anilines is 2. The lowest BCUT2D eigenvalue weighted by atomic mass is 10.2. The first kappa shape index (κ1) is 22.8. The number of thiocarbonyl (C=S) groups is 1. The topological polar surface area (TPSA) is 91.4 Å². The van der Waals surface area contributed by atoms with Gasteiger partial charge in [0.05, 0.1) is 18.1 Å². The maximum absolute atomic E-state index is 12.2. The zero-order chi connectivity index (χ0) is 22.4. The lowest BCUT2D eigenvalue weighted by molar-refractivity contribution is -0.150. The second-order valence-corrected chi connectivity index (χ2v) is 7.93. The van der Waals surface area contributed by atoms with E-state index in [0.717, 1.165) is 22.8 Å². The van der Waals surface area contributed by atoms with E-state index in [1.54, 1.807) is 9.80 Å². The molecule has 9 nitrogen and oxygen atoms in total. The predicted octanol–water partition coefficient (Wildman–Crippen LogP) is 1.55. The van der Waals surface area contributed by atoms with Gasteiger partial charge in [-0.3, -0.25) is 14.5 Å². The highest BCUT2D eigenvalue weighted by Gasteiger charge is 2.32. The summed E-state index contributed by atoms with van der Waals surface area (Å²) in [6.07, 6.45) is 0.159. The molecule has 1 N–H and O–H groups in total. The molecule has 1 unspecified atom stereocenters. The third-order valence-corrected chi connectivity index (χ3v) is 5.71. The Hall–Kier alpha value is -2.88. The summed E-state index contributed by atoms with van der Waals surface area (Å²) in [5.74, 6) is -0.637. The number of piperazine rings is 1. The van der Waals surface area contributed by atoms with Crippen LogP contribution in [0.3, 0.4) is 0 Å². The van der Waals surface area contributed by atoms with Gasteiger partial charge in [0.1, 0.15) is 6.10 Å². The van der Waals surface area contributed by atoms with Crippen molar-refractivity contribution in [3.8, 4) is 0 Å². The van der Waals surface area contributed by atoms with E-state index in [0.29, 0.717) is 39.3 Å². The maximum atomic E-state index is 12.2. The molecule has 0 aliphatic carbocycles. The molecule has 168 valence electrons. The van der Waals surface area contributed by atoms with Gasteiger partial charge < -0.3 is 24.6 Å². The fourth-order valence-electron chi connectivity index (χ4n) is 3.50. The third-order valence-electron chi connectivity index (χ3n) is 5.28. The first-order valence-electron chi connectivity index (χ1n) is 10.4. The minimum absolute atomic E-state index is 0.179. The van der Waals surface area contributed by atoms with Gasteiger partial charge in [-0.1, -0.05) is 19.1 Å². The number of ether oxygens (including phenoxy) is 2. The van der Waals surface area contributed by atoms with Crippen LogP contribution in [0.25, 0.3) is 0 Å². The van der Waals surface area contributed by atoms with E-state index in [9.17, 15) is 14.4 Å². The van der Waals surface area contributed by atoms with Gasteiger partial charge in [0, 0.05) is 44.5 Å². The molecule has 31 heavy (non-hydrogen) atoms. The Morgan fingerprint density at radius 3 is 2.42 bits per heavy atom. The standard InChI is InChI=1S/C21H28N4O5S/c1-3-19(31)22-12-18-13-25(21(28)30-18)17-6-4-16(5-7-17)23-8-10-24(11-9-23)20(27)14-29-15(2)26/h4-7,18H,3,8-14H2,1-2H3,(H,22,31). The van der Waals surface area contributed by atoms with E-state index in [2.05, 4.69) is 10.2 Å². The van der Waals surface area contributed by atoms with Gasteiger partial charge >= 0.3 is 12.1 Å². The van der Waals surface area contributed by atoms with Crippen molar-refractivity contribution in [3.05, 3.63) is 24.3 Å². The van der Waals surface area contributed by atoms with Crippen molar-refractivity contribution in [2.24, 2.45) is 0 Å². The van der Waals surface area contributed by atoms with E-state index < -0.39 is 5.97 Å². The second kappa shape index (κ2) is 10.4. The number of amides is 2. The number of nitrogens with one attached hydrogen (secondary N) is 1. The number of carbonyl (C=O) groups is 3. The average molecular weight is 449 g/mol. The first-order valence-corrected chi connectivity index (χ1v) is 10.8. The molecule has 0 saturated carbocycles. The van der Waals surface area contributed by atoms with Crippen LogP contribution >= 0.6 is 12.2 Å². The third kappa shape index (κ3) is 6.06. The van der Waals surface area contributed by atoms with E-state index in [1.165, 1.54) is 6.92 Å². The quantitative estimate of drug-likeness (QED) is 0.496. The molecule has 2 aliphatic heterocycles. The van der Waals surface area contributed by atoms with Crippen LogP contribution in [-0.4, -0.2) is 79.8 Å². The Bertz CT molecular complexity index is 824. The van der Waals surface area contributed by atoms with Crippen molar-refractivity contribution in [1.82, 2.24) is 10.2 Å². The van der Waals surface area contributed by atoms with Gasteiger partial charge in [0.25, 0.3) is 5.91 Å². The highest BCUT2D eigenvalue weighted by Crippen LogP contribution is 2.25. The number of benzene rings is 1. The van der Waals surface area contributed by atoms with Gasteiger partial charge in [-0.25, -0.2) is 4.79 Å². The smallest absolute Gasteiger partial charge is 0.414 e. The molecule has 0 spiro atoms. The van der Waals surface area contributed by atoms with Crippen LogP contribution in [-0.2, 0) is 19.1 Å². The molecule has 0 aromatic heterocycles. The van der Waals surface area contributed by atoms with Crippen LogP contribution in [0.4, 0.5) is 16.2 Å². The Balaban J connectivity index is 1.50. The SMILES string of the molecule is CCC(=S)NCC1CN(c2ccc(N3CCN(C(=O)COC(C)=O)CC3)cc2)C(=O)O1. The predicted molar refractivity (Wildman–Crippen MR) is 120 cm³/mol. The number of nitrogens with zero attached hydrogens (tertiary/aromatic N) is 3. The van der Waals surface area contributed by atoms with Crippen molar-refractivity contribution in [1.29, 1.82) is 0 Å². The van der Waals surface area contributed by atoms with E-state index >= 15 is 0 Å². The van der Waals surface area contributed by atoms with Crippen molar-refractivity contribution in [2.75, 3.05) is 55.7 Å². The first-order chi connectivity index (χ1) is 14.9. The summed E-state index contributed by atoms with van der Waals surface area (Å²) in [4.78, 5) is 41.4. The van der Waals surface area contributed by atoms with E-state index in [4.69, 9.17) is 21.7 Å². The summed E-state index contributed by atoms with van der Waals surface area (Å²) < 4.78 is 10.2. The van der Waals surface area contributed by atoms with Crippen molar-refractivity contribution < 1.29 is 23.9 Å². The Morgan fingerprint density at radius 2 is 1.81 bits per heavy atom. The molecular formula is C21H28N4O5S. The second-order valence-electron chi connectivity index (χ2n) is 7.44. The lowest BCUT2D eigenvalue weighted by Crippen LogP contribution is -2.49. The van der Waals surface area contributed by atoms with Gasteiger partial charge in [0.2, 0.25) is 0 Å². The molecule has 1 aromatic rings. The molecule has 2 heterocycles. The van der Waals surface area contributed by atoms with Crippen molar-refractivity contribution in [3.63, 3.8) is 0 Å². The number of carbonyl (C=O) groups excluding carboxylic acids is 3. The van der Waals surface area contributed by atoms with Gasteiger partial charge in [-0.05, 0) is 30.7 Å². The molecule has 1 aromatic carbocycles. The van der Waals surface area contributed by atoms with Gasteiger partial charge in [-0.15, -0.1) is 0 Å². The summed E-state index contributed by atoms with van der Waals surface area (Å²) in [6.45, 7) is 6.53. The number of hydrogen-bond donors (Lipinski definition) is 1. The normalized spacial score (nSPS) is 18.6. The summed E-state index contributed by atoms with van der Waals surface area (Å²) in [7, 11) is 0. The summed E-state index contributed by atoms with van der Waals surface area (Å²) >= 11 is 5.15. The number of hydrogen-bond acceptors (Lipinski definition) is 7. The van der Waals surface area contributed by atoms with Crippen molar-refractivity contribution >= 4 is 46.6 Å². The molecule has 2 amide bonds. The molecule has 2 fully saturated rings. The minimum Gasteiger partial charge on any atom is -0.456 e. The summed E-state index contributed by atoms with van der Waals surface area (Å²) in [6, 6.07) is 7.75. The zero-order valence-electron chi connectivity index (χ0n) is 17.8. The average Bonchev–Trinajstić information content (AvgIpc) is 3.16. The Morgan fingerprint density at radius 1 is 1.16 bits per heavy atom. The molecule has 1 atom stereocenters. The lowest BCUT2D eigenvalue weighted by Gasteiger charge is -2.36. The van der Waals surface area contributed by atoms with Crippen LogP contribution in [0.1, 0.15) is 20.3 Å². The van der Waals surface area contributed by atoms with Crippen LogP contribution in [0, 0.1) is 0 Å². The molecule has 2 saturated heterocycles. The molecule has 10 heteroatoms. The highest BCUT2D eigenvalue weighted by molar-refractivity contribution is 7.80. The fraction of sp³-hybridized carbons (Fsp3) is 0.524. The van der Waals surface area contributed by atoms with Gasteiger partial charge in [-0.2, -0.15) is 0 Å². The van der Waals surface area contributed by atoms with Crippen LogP contribution < -0.4 is 15.1 Å².